The van der Waals surface area contributed by atoms with Crippen LogP contribution in [0.2, 0.25) is 0 Å². The van der Waals surface area contributed by atoms with Crippen LogP contribution >= 0.6 is 11.8 Å². The minimum atomic E-state index is -0.532. The molecule has 0 saturated heterocycles. The molecule has 1 atom stereocenters. The maximum atomic E-state index is 12.7. The molecule has 0 unspecified atom stereocenters. The van der Waals surface area contributed by atoms with Crippen LogP contribution in [0.3, 0.4) is 0 Å². The molecule has 134 valence electrons. The second-order valence-corrected chi connectivity index (χ2v) is 7.25. The summed E-state index contributed by atoms with van der Waals surface area (Å²) in [5.41, 5.74) is 0.838. The standard InChI is InChI=1S/C22H23NO2S/c1-3-20(22(24)23-19-11-7-8-12-21(19)26-4-2)25-18-14-13-16-9-5-6-10-17(16)15-18/h5-15,20H,3-4H2,1-2H3,(H,23,24)/t20-/m0/s1. The van der Waals surface area contributed by atoms with Crippen molar-refractivity contribution in [3.8, 4) is 5.75 Å². The zero-order valence-electron chi connectivity index (χ0n) is 15.1. The van der Waals surface area contributed by atoms with Gasteiger partial charge in [0.05, 0.1) is 5.69 Å². The Balaban J connectivity index is 1.74. The van der Waals surface area contributed by atoms with Crippen LogP contribution in [-0.2, 0) is 4.79 Å². The SMILES string of the molecule is CCSc1ccccc1NC(=O)[C@H](CC)Oc1ccc2ccccc2c1. The molecule has 3 rings (SSSR count). The fourth-order valence-corrected chi connectivity index (χ4v) is 3.55. The topological polar surface area (TPSA) is 38.3 Å². The summed E-state index contributed by atoms with van der Waals surface area (Å²) in [6.45, 7) is 4.05. The summed E-state index contributed by atoms with van der Waals surface area (Å²) in [4.78, 5) is 13.8. The minimum Gasteiger partial charge on any atom is -0.481 e. The van der Waals surface area contributed by atoms with Gasteiger partial charge in [0, 0.05) is 4.90 Å². The summed E-state index contributed by atoms with van der Waals surface area (Å²) < 4.78 is 5.99. The lowest BCUT2D eigenvalue weighted by Gasteiger charge is -2.18. The van der Waals surface area contributed by atoms with Gasteiger partial charge in [-0.1, -0.05) is 56.3 Å². The molecule has 0 heterocycles. The number of benzene rings is 3. The van der Waals surface area contributed by atoms with Gasteiger partial charge in [0.1, 0.15) is 5.75 Å². The number of hydrogen-bond donors (Lipinski definition) is 1. The molecule has 0 radical (unpaired) electrons. The molecule has 1 amide bonds. The fourth-order valence-electron chi connectivity index (χ4n) is 2.79. The third-order valence-electron chi connectivity index (χ3n) is 4.11. The van der Waals surface area contributed by atoms with Crippen molar-refractivity contribution >= 4 is 34.1 Å². The summed E-state index contributed by atoms with van der Waals surface area (Å²) >= 11 is 1.71. The fraction of sp³-hybridized carbons (Fsp3) is 0.227. The van der Waals surface area contributed by atoms with Gasteiger partial charge < -0.3 is 10.1 Å². The summed E-state index contributed by atoms with van der Waals surface area (Å²) in [5.74, 6) is 1.55. The molecule has 0 spiro atoms. The van der Waals surface area contributed by atoms with E-state index in [4.69, 9.17) is 4.74 Å². The Kier molecular flexibility index (Phi) is 6.18. The van der Waals surface area contributed by atoms with E-state index in [0.29, 0.717) is 12.2 Å². The predicted octanol–water partition coefficient (Wildman–Crippen LogP) is 5.75. The number of carbonyl (C=O) groups is 1. The van der Waals surface area contributed by atoms with E-state index >= 15 is 0 Å². The van der Waals surface area contributed by atoms with Gasteiger partial charge in [-0.15, -0.1) is 11.8 Å². The van der Waals surface area contributed by atoms with Crippen LogP contribution in [0.25, 0.3) is 10.8 Å². The highest BCUT2D eigenvalue weighted by Gasteiger charge is 2.19. The molecular formula is C22H23NO2S. The second-order valence-electron chi connectivity index (χ2n) is 5.94. The molecule has 0 saturated carbocycles. The molecule has 3 aromatic carbocycles. The summed E-state index contributed by atoms with van der Waals surface area (Å²) in [5, 5.41) is 5.28. The van der Waals surface area contributed by atoms with E-state index in [1.807, 2.05) is 67.6 Å². The summed E-state index contributed by atoms with van der Waals surface area (Å²) in [6.07, 6.45) is 0.0673. The van der Waals surface area contributed by atoms with Crippen molar-refractivity contribution in [2.45, 2.75) is 31.3 Å². The van der Waals surface area contributed by atoms with Crippen molar-refractivity contribution in [3.05, 3.63) is 66.7 Å². The Hall–Kier alpha value is -2.46. The number of thioether (sulfide) groups is 1. The molecule has 26 heavy (non-hydrogen) atoms. The van der Waals surface area contributed by atoms with Crippen LogP contribution in [0.5, 0.6) is 5.75 Å². The Morgan fingerprint density at radius 2 is 1.73 bits per heavy atom. The Morgan fingerprint density at radius 3 is 2.50 bits per heavy atom. The maximum absolute atomic E-state index is 12.7. The van der Waals surface area contributed by atoms with Gasteiger partial charge in [0.2, 0.25) is 0 Å². The number of fused-ring (bicyclic) bond motifs is 1. The Morgan fingerprint density at radius 1 is 1.00 bits per heavy atom. The van der Waals surface area contributed by atoms with Gasteiger partial charge in [-0.25, -0.2) is 0 Å². The number of para-hydroxylation sites is 1. The van der Waals surface area contributed by atoms with Gasteiger partial charge in [-0.2, -0.15) is 0 Å². The zero-order chi connectivity index (χ0) is 18.4. The lowest BCUT2D eigenvalue weighted by molar-refractivity contribution is -0.122. The summed E-state index contributed by atoms with van der Waals surface area (Å²) in [7, 11) is 0. The van der Waals surface area contributed by atoms with Crippen molar-refractivity contribution in [2.75, 3.05) is 11.1 Å². The summed E-state index contributed by atoms with van der Waals surface area (Å²) in [6, 6.07) is 21.9. The number of ether oxygens (including phenoxy) is 1. The molecule has 0 aliphatic heterocycles. The van der Waals surface area contributed by atoms with E-state index in [-0.39, 0.29) is 5.91 Å². The van der Waals surface area contributed by atoms with Crippen molar-refractivity contribution in [1.82, 2.24) is 0 Å². The molecule has 0 aliphatic rings. The number of amides is 1. The van der Waals surface area contributed by atoms with Gasteiger partial charge in [0.15, 0.2) is 6.10 Å². The lowest BCUT2D eigenvalue weighted by atomic mass is 10.1. The molecule has 3 aromatic rings. The third kappa shape index (κ3) is 4.38. The highest BCUT2D eigenvalue weighted by Crippen LogP contribution is 2.27. The van der Waals surface area contributed by atoms with Crippen molar-refractivity contribution in [1.29, 1.82) is 0 Å². The predicted molar refractivity (Wildman–Crippen MR) is 110 cm³/mol. The smallest absolute Gasteiger partial charge is 0.265 e. The number of carbonyl (C=O) groups excluding carboxylic acids is 1. The monoisotopic (exact) mass is 365 g/mol. The average molecular weight is 365 g/mol. The van der Waals surface area contributed by atoms with E-state index in [2.05, 4.69) is 18.3 Å². The minimum absolute atomic E-state index is 0.121. The molecule has 0 bridgehead atoms. The van der Waals surface area contributed by atoms with E-state index in [1.54, 1.807) is 11.8 Å². The van der Waals surface area contributed by atoms with Gasteiger partial charge in [-0.3, -0.25) is 4.79 Å². The second kappa shape index (κ2) is 8.77. The molecule has 3 nitrogen and oxygen atoms in total. The van der Waals surface area contributed by atoms with Crippen molar-refractivity contribution in [2.24, 2.45) is 0 Å². The highest BCUT2D eigenvalue weighted by atomic mass is 32.2. The Labute approximate surface area is 158 Å². The molecule has 0 aromatic heterocycles. The van der Waals surface area contributed by atoms with E-state index < -0.39 is 6.10 Å². The lowest BCUT2D eigenvalue weighted by Crippen LogP contribution is -2.32. The van der Waals surface area contributed by atoms with Crippen LogP contribution in [0.1, 0.15) is 20.3 Å². The van der Waals surface area contributed by atoms with Crippen LogP contribution in [-0.4, -0.2) is 17.8 Å². The van der Waals surface area contributed by atoms with Crippen LogP contribution < -0.4 is 10.1 Å². The quantitative estimate of drug-likeness (QED) is 0.542. The normalized spacial score (nSPS) is 11.9. The average Bonchev–Trinajstić information content (AvgIpc) is 2.67. The number of rotatable bonds is 7. The first-order valence-electron chi connectivity index (χ1n) is 8.89. The zero-order valence-corrected chi connectivity index (χ0v) is 15.9. The molecule has 0 aliphatic carbocycles. The van der Waals surface area contributed by atoms with Crippen molar-refractivity contribution in [3.63, 3.8) is 0 Å². The maximum Gasteiger partial charge on any atom is 0.265 e. The number of anilines is 1. The van der Waals surface area contributed by atoms with Crippen molar-refractivity contribution < 1.29 is 9.53 Å². The first kappa shape index (κ1) is 18.3. The number of hydrogen-bond acceptors (Lipinski definition) is 3. The van der Waals surface area contributed by atoms with E-state index in [1.165, 1.54) is 0 Å². The van der Waals surface area contributed by atoms with Crippen LogP contribution in [0.4, 0.5) is 5.69 Å². The van der Waals surface area contributed by atoms with Gasteiger partial charge >= 0.3 is 0 Å². The Bertz CT molecular complexity index is 894. The van der Waals surface area contributed by atoms with E-state index in [9.17, 15) is 4.79 Å². The van der Waals surface area contributed by atoms with Gasteiger partial charge in [0.25, 0.3) is 5.91 Å². The molecule has 0 fully saturated rings. The third-order valence-corrected chi connectivity index (χ3v) is 5.06. The number of nitrogens with one attached hydrogen (secondary N) is 1. The van der Waals surface area contributed by atoms with E-state index in [0.717, 1.165) is 27.1 Å². The first-order chi connectivity index (χ1) is 12.7. The van der Waals surface area contributed by atoms with Crippen LogP contribution in [0, 0.1) is 0 Å². The first-order valence-corrected chi connectivity index (χ1v) is 9.88. The van der Waals surface area contributed by atoms with Crippen LogP contribution in [0.15, 0.2) is 71.6 Å². The van der Waals surface area contributed by atoms with Gasteiger partial charge in [-0.05, 0) is 47.2 Å². The molecular weight excluding hydrogens is 342 g/mol. The largest absolute Gasteiger partial charge is 0.481 e. The molecule has 1 N–H and O–H groups in total. The highest BCUT2D eigenvalue weighted by molar-refractivity contribution is 7.99. The molecule has 4 heteroatoms.